The Labute approximate surface area is 117 Å². The van der Waals surface area contributed by atoms with E-state index in [0.29, 0.717) is 11.3 Å². The van der Waals surface area contributed by atoms with Crippen molar-refractivity contribution in [2.45, 2.75) is 20.4 Å². The maximum Gasteiger partial charge on any atom is 0.266 e. The maximum absolute atomic E-state index is 12.0. The highest BCUT2D eigenvalue weighted by molar-refractivity contribution is 5.95. The van der Waals surface area contributed by atoms with E-state index in [-0.39, 0.29) is 18.2 Å². The van der Waals surface area contributed by atoms with Crippen molar-refractivity contribution in [1.82, 2.24) is 4.57 Å². The van der Waals surface area contributed by atoms with Crippen LogP contribution in [-0.2, 0) is 18.4 Å². The molecule has 1 N–H and O–H groups in total. The smallest absolute Gasteiger partial charge is 0.266 e. The average molecular weight is 272 g/mol. The van der Waals surface area contributed by atoms with Crippen LogP contribution in [0.4, 0.5) is 5.69 Å². The number of Topliss-reactive ketones (excluding diaryl/α,β-unsaturated/α-hetero) is 1. The van der Waals surface area contributed by atoms with E-state index in [9.17, 15) is 9.59 Å². The quantitative estimate of drug-likeness (QED) is 0.677. The molecule has 0 spiro atoms. The van der Waals surface area contributed by atoms with E-state index in [4.69, 9.17) is 0 Å². The fraction of sp³-hybridized carbons (Fsp3) is 0.267. The Hall–Kier alpha value is -2.43. The number of benzene rings is 1. The molecule has 104 valence electrons. The minimum atomic E-state index is -0.0973. The molecule has 0 aliphatic carbocycles. The summed E-state index contributed by atoms with van der Waals surface area (Å²) in [4.78, 5) is 23.1. The molecule has 5 nitrogen and oxygen atoms in total. The molecule has 1 heterocycles. The molecule has 1 aromatic carbocycles. The summed E-state index contributed by atoms with van der Waals surface area (Å²) in [5.41, 5.74) is 1.32. The Morgan fingerprint density at radius 1 is 1.25 bits per heavy atom. The second kappa shape index (κ2) is 5.69. The molecular formula is C15H18N3O2+. The molecule has 5 heteroatoms. The zero-order valence-corrected chi connectivity index (χ0v) is 11.9. The number of hydrogen-bond acceptors (Lipinski definition) is 2. The number of ketones is 1. The van der Waals surface area contributed by atoms with E-state index in [2.05, 4.69) is 5.32 Å². The molecule has 1 amide bonds. The third-order valence-corrected chi connectivity index (χ3v) is 3.29. The monoisotopic (exact) mass is 272 g/mol. The van der Waals surface area contributed by atoms with Gasteiger partial charge in [0.1, 0.15) is 12.4 Å². The molecule has 1 aromatic heterocycles. The maximum atomic E-state index is 12.0. The SMILES string of the molecule is CC(=O)c1ccc(NC(=O)Cn2cc[n+](C)c2C)cc1. The minimum Gasteiger partial charge on any atom is -0.323 e. The van der Waals surface area contributed by atoms with Crippen molar-refractivity contribution < 1.29 is 14.2 Å². The van der Waals surface area contributed by atoms with Gasteiger partial charge in [0.05, 0.1) is 7.05 Å². The highest BCUT2D eigenvalue weighted by Crippen LogP contribution is 2.10. The minimum absolute atomic E-state index is 0.0124. The standard InChI is InChI=1S/C15H17N3O2/c1-11(19)13-4-6-14(7-5-13)16-15(20)10-18-9-8-17(3)12(18)2/h4-9H,10H2,1-3H3/p+1. The number of rotatable bonds is 4. The molecule has 0 saturated heterocycles. The second-order valence-corrected chi connectivity index (χ2v) is 4.77. The van der Waals surface area contributed by atoms with Crippen LogP contribution in [0.1, 0.15) is 23.1 Å². The average Bonchev–Trinajstić information content (AvgIpc) is 2.71. The van der Waals surface area contributed by atoms with E-state index >= 15 is 0 Å². The molecule has 20 heavy (non-hydrogen) atoms. The van der Waals surface area contributed by atoms with Crippen LogP contribution in [0.5, 0.6) is 0 Å². The lowest BCUT2D eigenvalue weighted by atomic mass is 10.1. The molecule has 0 bridgehead atoms. The van der Waals surface area contributed by atoms with Crippen molar-refractivity contribution in [1.29, 1.82) is 0 Å². The first-order valence-electron chi connectivity index (χ1n) is 6.39. The largest absolute Gasteiger partial charge is 0.323 e. The molecule has 0 radical (unpaired) electrons. The summed E-state index contributed by atoms with van der Waals surface area (Å²) >= 11 is 0. The third kappa shape index (κ3) is 3.12. The molecule has 2 rings (SSSR count). The van der Waals surface area contributed by atoms with E-state index < -0.39 is 0 Å². The Morgan fingerprint density at radius 2 is 1.90 bits per heavy atom. The number of imidazole rings is 1. The first-order chi connectivity index (χ1) is 9.47. The van der Waals surface area contributed by atoms with Gasteiger partial charge in [0.2, 0.25) is 0 Å². The Morgan fingerprint density at radius 3 is 2.40 bits per heavy atom. The van der Waals surface area contributed by atoms with E-state index in [1.165, 1.54) is 6.92 Å². The van der Waals surface area contributed by atoms with Crippen molar-refractivity contribution >= 4 is 17.4 Å². The van der Waals surface area contributed by atoms with Crippen LogP contribution in [0.3, 0.4) is 0 Å². The third-order valence-electron chi connectivity index (χ3n) is 3.29. The number of nitrogens with zero attached hydrogens (tertiary/aromatic N) is 2. The number of nitrogens with one attached hydrogen (secondary N) is 1. The van der Waals surface area contributed by atoms with Crippen LogP contribution in [0.15, 0.2) is 36.7 Å². The number of carbonyl (C=O) groups excluding carboxylic acids is 2. The molecule has 0 fully saturated rings. The van der Waals surface area contributed by atoms with Gasteiger partial charge in [0, 0.05) is 18.2 Å². The van der Waals surface area contributed by atoms with Gasteiger partial charge >= 0.3 is 0 Å². The summed E-state index contributed by atoms with van der Waals surface area (Å²) < 4.78 is 3.83. The fourth-order valence-electron chi connectivity index (χ4n) is 1.91. The summed E-state index contributed by atoms with van der Waals surface area (Å²) in [6.07, 6.45) is 3.78. The Balaban J connectivity index is 2.01. The van der Waals surface area contributed by atoms with Crippen molar-refractivity contribution in [2.24, 2.45) is 7.05 Å². The van der Waals surface area contributed by atoms with Gasteiger partial charge in [-0.15, -0.1) is 0 Å². The van der Waals surface area contributed by atoms with E-state index in [0.717, 1.165) is 5.82 Å². The summed E-state index contributed by atoms with van der Waals surface area (Å²) in [6, 6.07) is 6.88. The Kier molecular flexibility index (Phi) is 3.98. The highest BCUT2D eigenvalue weighted by atomic mass is 16.2. The summed E-state index contributed by atoms with van der Waals surface area (Å²) in [7, 11) is 1.93. The van der Waals surface area contributed by atoms with Crippen molar-refractivity contribution in [3.8, 4) is 0 Å². The summed E-state index contributed by atoms with van der Waals surface area (Å²) in [6.45, 7) is 3.73. The zero-order valence-electron chi connectivity index (χ0n) is 11.9. The molecule has 0 aliphatic rings. The molecule has 0 aliphatic heterocycles. The van der Waals surface area contributed by atoms with Crippen LogP contribution in [0, 0.1) is 6.92 Å². The number of aryl methyl sites for hydroxylation is 1. The van der Waals surface area contributed by atoms with Gasteiger partial charge in [-0.3, -0.25) is 9.59 Å². The van der Waals surface area contributed by atoms with E-state index in [1.807, 2.05) is 35.5 Å². The number of anilines is 1. The van der Waals surface area contributed by atoms with Crippen molar-refractivity contribution in [3.05, 3.63) is 48.0 Å². The molecule has 0 unspecified atom stereocenters. The van der Waals surface area contributed by atoms with E-state index in [1.54, 1.807) is 24.3 Å². The van der Waals surface area contributed by atoms with Crippen LogP contribution in [0.2, 0.25) is 0 Å². The second-order valence-electron chi connectivity index (χ2n) is 4.77. The van der Waals surface area contributed by atoms with Crippen LogP contribution in [-0.4, -0.2) is 16.3 Å². The van der Waals surface area contributed by atoms with Crippen molar-refractivity contribution in [3.63, 3.8) is 0 Å². The van der Waals surface area contributed by atoms with Gasteiger partial charge in [0.25, 0.3) is 11.7 Å². The van der Waals surface area contributed by atoms with Gasteiger partial charge in [-0.05, 0) is 31.2 Å². The van der Waals surface area contributed by atoms with Gasteiger partial charge in [0.15, 0.2) is 12.3 Å². The fourth-order valence-corrected chi connectivity index (χ4v) is 1.91. The molecule has 0 saturated carbocycles. The van der Waals surface area contributed by atoms with Gasteiger partial charge in [-0.2, -0.15) is 0 Å². The van der Waals surface area contributed by atoms with Gasteiger partial charge in [-0.25, -0.2) is 9.13 Å². The predicted octanol–water partition coefficient (Wildman–Crippen LogP) is 1.46. The molecule has 2 aromatic rings. The van der Waals surface area contributed by atoms with Crippen LogP contribution >= 0.6 is 0 Å². The van der Waals surface area contributed by atoms with Crippen LogP contribution < -0.4 is 9.88 Å². The number of hydrogen-bond donors (Lipinski definition) is 1. The van der Waals surface area contributed by atoms with Gasteiger partial charge in [-0.1, -0.05) is 0 Å². The predicted molar refractivity (Wildman–Crippen MR) is 75.4 cm³/mol. The summed E-state index contributed by atoms with van der Waals surface area (Å²) in [5, 5.41) is 2.81. The first kappa shape index (κ1) is 14.0. The highest BCUT2D eigenvalue weighted by Gasteiger charge is 2.13. The lowest BCUT2D eigenvalue weighted by molar-refractivity contribution is -0.677. The number of amides is 1. The number of aromatic nitrogens is 2. The topological polar surface area (TPSA) is 55.0 Å². The van der Waals surface area contributed by atoms with Crippen molar-refractivity contribution in [2.75, 3.05) is 5.32 Å². The van der Waals surface area contributed by atoms with Crippen LogP contribution in [0.25, 0.3) is 0 Å². The molecular weight excluding hydrogens is 254 g/mol. The Bertz CT molecular complexity index is 642. The normalized spacial score (nSPS) is 10.3. The first-order valence-corrected chi connectivity index (χ1v) is 6.39. The summed E-state index contributed by atoms with van der Waals surface area (Å²) in [5.74, 6) is 0.922. The lowest BCUT2D eigenvalue weighted by Crippen LogP contribution is -2.31. The van der Waals surface area contributed by atoms with Gasteiger partial charge < -0.3 is 5.32 Å². The lowest BCUT2D eigenvalue weighted by Gasteiger charge is -2.05. The molecule has 0 atom stereocenters. The number of carbonyl (C=O) groups is 2. The zero-order chi connectivity index (χ0) is 14.7.